The van der Waals surface area contributed by atoms with Crippen LogP contribution in [0.5, 0.6) is 5.88 Å². The minimum Gasteiger partial charge on any atom is -0.461 e. The first-order chi connectivity index (χ1) is 15.4. The molecule has 1 amide bonds. The van der Waals surface area contributed by atoms with E-state index in [9.17, 15) is 4.79 Å². The van der Waals surface area contributed by atoms with Crippen molar-refractivity contribution in [2.45, 2.75) is 33.0 Å². The lowest BCUT2D eigenvalue weighted by atomic mass is 10.3. The molecule has 32 heavy (non-hydrogen) atoms. The number of carbonyl (C=O) groups is 1. The van der Waals surface area contributed by atoms with Crippen LogP contribution in [0.2, 0.25) is 0 Å². The molecule has 0 unspecified atom stereocenters. The molecule has 4 rings (SSSR count). The Morgan fingerprint density at radius 1 is 1.16 bits per heavy atom. The molecule has 0 aliphatic carbocycles. The van der Waals surface area contributed by atoms with Gasteiger partial charge < -0.3 is 19.4 Å². The zero-order valence-electron chi connectivity index (χ0n) is 18.3. The normalized spacial score (nSPS) is 12.3. The highest BCUT2D eigenvalue weighted by molar-refractivity contribution is 5.94. The molecule has 11 heteroatoms. The van der Waals surface area contributed by atoms with Gasteiger partial charge in [-0.1, -0.05) is 6.07 Å². The van der Waals surface area contributed by atoms with Crippen molar-refractivity contribution in [2.24, 2.45) is 7.05 Å². The molecule has 1 atom stereocenters. The predicted octanol–water partition coefficient (Wildman–Crippen LogP) is 2.06. The average molecular weight is 436 g/mol. The number of aryl methyl sites for hydroxylation is 2. The van der Waals surface area contributed by atoms with Gasteiger partial charge in [-0.25, -0.2) is 19.9 Å². The number of aromatic nitrogens is 7. The predicted molar refractivity (Wildman–Crippen MR) is 117 cm³/mol. The number of anilines is 1. The van der Waals surface area contributed by atoms with Gasteiger partial charge in [-0.15, -0.1) is 0 Å². The summed E-state index contributed by atoms with van der Waals surface area (Å²) in [4.78, 5) is 30.0. The number of amides is 1. The van der Waals surface area contributed by atoms with Gasteiger partial charge in [0.15, 0.2) is 5.65 Å². The maximum atomic E-state index is 13.0. The van der Waals surface area contributed by atoms with Crippen molar-refractivity contribution in [3.05, 3.63) is 48.8 Å². The van der Waals surface area contributed by atoms with Crippen molar-refractivity contribution >= 4 is 22.8 Å². The summed E-state index contributed by atoms with van der Waals surface area (Å²) in [5.41, 5.74) is 1.50. The van der Waals surface area contributed by atoms with Crippen LogP contribution >= 0.6 is 0 Å². The summed E-state index contributed by atoms with van der Waals surface area (Å²) in [5.74, 6) is 0.840. The topological polar surface area (TPSA) is 122 Å². The van der Waals surface area contributed by atoms with Gasteiger partial charge in [0, 0.05) is 25.6 Å². The highest BCUT2D eigenvalue weighted by Crippen LogP contribution is 2.24. The number of hydrogen-bond acceptors (Lipinski definition) is 8. The second kappa shape index (κ2) is 9.10. The molecular formula is C21H24N8O3. The van der Waals surface area contributed by atoms with E-state index in [1.54, 1.807) is 29.3 Å². The Balaban J connectivity index is 1.61. The molecule has 0 fully saturated rings. The molecule has 0 bridgehead atoms. The molecule has 4 aromatic rings. The van der Waals surface area contributed by atoms with E-state index < -0.39 is 12.0 Å². The van der Waals surface area contributed by atoms with E-state index in [-0.39, 0.29) is 18.6 Å². The summed E-state index contributed by atoms with van der Waals surface area (Å²) < 4.78 is 15.1. The van der Waals surface area contributed by atoms with Crippen LogP contribution in [0.4, 0.5) is 5.82 Å². The minimum atomic E-state index is -0.963. The van der Waals surface area contributed by atoms with Gasteiger partial charge >= 0.3 is 0 Å². The summed E-state index contributed by atoms with van der Waals surface area (Å²) in [6.07, 6.45) is 7.06. The van der Waals surface area contributed by atoms with Crippen molar-refractivity contribution in [3.63, 3.8) is 0 Å². The molecule has 4 heterocycles. The summed E-state index contributed by atoms with van der Waals surface area (Å²) in [6.45, 7) is 5.73. The third-order valence-corrected chi connectivity index (χ3v) is 4.60. The summed E-state index contributed by atoms with van der Waals surface area (Å²) in [7, 11) is 1.86. The van der Waals surface area contributed by atoms with Crippen molar-refractivity contribution in [3.8, 4) is 11.8 Å². The first-order valence-electron chi connectivity index (χ1n) is 10.1. The van der Waals surface area contributed by atoms with Crippen molar-refractivity contribution in [1.82, 2.24) is 34.3 Å². The van der Waals surface area contributed by atoms with Gasteiger partial charge in [0.05, 0.1) is 18.9 Å². The Kier molecular flexibility index (Phi) is 6.08. The van der Waals surface area contributed by atoms with Crippen molar-refractivity contribution in [2.75, 3.05) is 11.9 Å². The van der Waals surface area contributed by atoms with Crippen LogP contribution in [0.25, 0.3) is 17.0 Å². The molecule has 4 aromatic heterocycles. The lowest BCUT2D eigenvalue weighted by molar-refractivity contribution is -0.126. The Morgan fingerprint density at radius 3 is 2.69 bits per heavy atom. The Morgan fingerprint density at radius 2 is 2.00 bits per heavy atom. The number of rotatable bonds is 8. The minimum absolute atomic E-state index is 0.0361. The van der Waals surface area contributed by atoms with Gasteiger partial charge in [0.25, 0.3) is 5.91 Å². The molecule has 0 saturated heterocycles. The fraction of sp³-hybridized carbons (Fsp3) is 0.333. The maximum Gasteiger partial charge on any atom is 0.269 e. The van der Waals surface area contributed by atoms with Crippen LogP contribution in [0.1, 0.15) is 19.4 Å². The van der Waals surface area contributed by atoms with Gasteiger partial charge in [0.1, 0.15) is 17.5 Å². The molecule has 0 aliphatic heterocycles. The van der Waals surface area contributed by atoms with Crippen LogP contribution < -0.4 is 10.1 Å². The largest absolute Gasteiger partial charge is 0.461 e. The highest BCUT2D eigenvalue weighted by Gasteiger charge is 2.25. The van der Waals surface area contributed by atoms with Crippen LogP contribution in [0.15, 0.2) is 43.2 Å². The zero-order chi connectivity index (χ0) is 22.7. The lowest BCUT2D eigenvalue weighted by Crippen LogP contribution is -2.38. The summed E-state index contributed by atoms with van der Waals surface area (Å²) in [6, 6.07) is 3.59. The van der Waals surface area contributed by atoms with E-state index in [4.69, 9.17) is 9.47 Å². The van der Waals surface area contributed by atoms with E-state index in [1.807, 2.05) is 44.6 Å². The SMILES string of the molecule is Cc1ccc(NC(=O)[C@H](COC(C)C)Oc2ncnc3c2cnn3-c2nccn2C)nc1. The Labute approximate surface area is 184 Å². The molecule has 0 aliphatic rings. The summed E-state index contributed by atoms with van der Waals surface area (Å²) >= 11 is 0. The van der Waals surface area contributed by atoms with Gasteiger partial charge in [0.2, 0.25) is 17.9 Å². The third kappa shape index (κ3) is 4.57. The van der Waals surface area contributed by atoms with Crippen LogP contribution in [-0.2, 0) is 16.6 Å². The molecule has 166 valence electrons. The third-order valence-electron chi connectivity index (χ3n) is 4.60. The second-order valence-electron chi connectivity index (χ2n) is 7.51. The number of pyridine rings is 1. The molecule has 0 aromatic carbocycles. The highest BCUT2D eigenvalue weighted by atomic mass is 16.5. The molecular weight excluding hydrogens is 412 g/mol. The lowest BCUT2D eigenvalue weighted by Gasteiger charge is -2.19. The first kappa shape index (κ1) is 21.4. The number of ether oxygens (including phenoxy) is 2. The number of nitrogens with zero attached hydrogens (tertiary/aromatic N) is 7. The fourth-order valence-electron chi connectivity index (χ4n) is 2.95. The molecule has 0 radical (unpaired) electrons. The van der Waals surface area contributed by atoms with Gasteiger partial charge in [-0.2, -0.15) is 9.78 Å². The van der Waals surface area contributed by atoms with E-state index in [2.05, 4.69) is 30.4 Å². The van der Waals surface area contributed by atoms with Crippen molar-refractivity contribution in [1.29, 1.82) is 0 Å². The van der Waals surface area contributed by atoms with E-state index in [0.717, 1.165) is 5.56 Å². The van der Waals surface area contributed by atoms with Gasteiger partial charge in [-0.3, -0.25) is 4.79 Å². The standard InChI is InChI=1S/C21H24N8O3/c1-13(2)31-11-16(19(30)27-17-6-5-14(3)9-23-17)32-20-15-10-26-29(18(15)24-12-25-20)21-22-7-8-28(21)4/h5-10,12-13,16H,11H2,1-4H3,(H,23,27,30)/t16-/m0/s1. The van der Waals surface area contributed by atoms with Crippen molar-refractivity contribution < 1.29 is 14.3 Å². The van der Waals surface area contributed by atoms with E-state index >= 15 is 0 Å². The van der Waals surface area contributed by atoms with Crippen LogP contribution in [0, 0.1) is 6.92 Å². The second-order valence-corrected chi connectivity index (χ2v) is 7.51. The maximum absolute atomic E-state index is 13.0. The number of hydrogen-bond donors (Lipinski definition) is 1. The number of imidazole rings is 1. The Hall–Kier alpha value is -3.86. The molecule has 0 saturated carbocycles. The monoisotopic (exact) mass is 436 g/mol. The number of fused-ring (bicyclic) bond motifs is 1. The molecule has 0 spiro atoms. The van der Waals surface area contributed by atoms with Crippen LogP contribution in [0.3, 0.4) is 0 Å². The van der Waals surface area contributed by atoms with E-state index in [1.165, 1.54) is 6.33 Å². The van der Waals surface area contributed by atoms with Gasteiger partial charge in [-0.05, 0) is 32.4 Å². The number of nitrogens with one attached hydrogen (secondary N) is 1. The first-order valence-corrected chi connectivity index (χ1v) is 10.1. The Bertz CT molecular complexity index is 1220. The number of carbonyl (C=O) groups excluding carboxylic acids is 1. The molecule has 11 nitrogen and oxygen atoms in total. The van der Waals surface area contributed by atoms with Crippen LogP contribution in [-0.4, -0.2) is 59.0 Å². The average Bonchev–Trinajstić information content (AvgIpc) is 3.38. The zero-order valence-corrected chi connectivity index (χ0v) is 18.3. The smallest absolute Gasteiger partial charge is 0.269 e. The quantitative estimate of drug-likeness (QED) is 0.445. The molecule has 1 N–H and O–H groups in total. The van der Waals surface area contributed by atoms with E-state index in [0.29, 0.717) is 22.8 Å². The summed E-state index contributed by atoms with van der Waals surface area (Å²) in [5, 5.41) is 7.68. The fourth-order valence-corrected chi connectivity index (χ4v) is 2.95.